The molecule has 0 N–H and O–H groups in total. The lowest BCUT2D eigenvalue weighted by Gasteiger charge is -2.21. The summed E-state index contributed by atoms with van der Waals surface area (Å²) in [5, 5.41) is 0. The van der Waals surface area contributed by atoms with E-state index in [0.29, 0.717) is 22.4 Å². The molecule has 6 aromatic rings. The maximum Gasteiger partial charge on any atom is 0.157 e. The van der Waals surface area contributed by atoms with Crippen LogP contribution in [0, 0.1) is 17.5 Å². The van der Waals surface area contributed by atoms with E-state index in [0.717, 1.165) is 5.56 Å². The molecule has 0 aliphatic heterocycles. The minimum atomic E-state index is -0.713. The molecule has 0 unspecified atom stereocenters. The standard InChI is InChI=1S/C35H25F3N2/c36-29-18-19-31(40-22-9-10-23-40)35(38)33(29)28(24-25-12-3-1-4-13-25)32(26-14-5-2-6-15-26)27-16-11-17-30(34(27)37)39-20-7-8-21-39/h1-23H,24H2/b32-28-. The molecule has 0 aliphatic carbocycles. The predicted octanol–water partition coefficient (Wildman–Crippen LogP) is 8.89. The number of hydrogen-bond donors (Lipinski definition) is 0. The Labute approximate surface area is 230 Å². The molecular weight excluding hydrogens is 505 g/mol. The number of aromatic nitrogens is 2. The number of benzene rings is 4. The molecule has 6 rings (SSSR count). The monoisotopic (exact) mass is 530 g/mol. The highest BCUT2D eigenvalue weighted by atomic mass is 19.1. The van der Waals surface area contributed by atoms with Crippen molar-refractivity contribution in [3.8, 4) is 11.4 Å². The van der Waals surface area contributed by atoms with Crippen molar-refractivity contribution in [3.05, 3.63) is 180 Å². The lowest BCUT2D eigenvalue weighted by Crippen LogP contribution is -2.08. The number of halogens is 3. The van der Waals surface area contributed by atoms with Gasteiger partial charge in [-0.25, -0.2) is 13.2 Å². The Morgan fingerprint density at radius 1 is 0.525 bits per heavy atom. The van der Waals surface area contributed by atoms with E-state index >= 15 is 13.2 Å². The fraction of sp³-hybridized carbons (Fsp3) is 0.0286. The van der Waals surface area contributed by atoms with E-state index in [1.807, 2.05) is 72.8 Å². The van der Waals surface area contributed by atoms with Gasteiger partial charge in [0.15, 0.2) is 11.6 Å². The molecule has 2 aromatic heterocycles. The van der Waals surface area contributed by atoms with E-state index in [1.165, 1.54) is 12.1 Å². The van der Waals surface area contributed by atoms with Gasteiger partial charge in [0.25, 0.3) is 0 Å². The summed E-state index contributed by atoms with van der Waals surface area (Å²) in [5.74, 6) is -1.90. The number of rotatable bonds is 7. The minimum Gasteiger partial charge on any atom is -0.321 e. The van der Waals surface area contributed by atoms with Crippen molar-refractivity contribution in [2.24, 2.45) is 0 Å². The van der Waals surface area contributed by atoms with E-state index in [1.54, 1.807) is 64.3 Å². The first kappa shape index (κ1) is 25.3. The number of hydrogen-bond acceptors (Lipinski definition) is 0. The van der Waals surface area contributed by atoms with Crippen LogP contribution in [0.1, 0.15) is 22.3 Å². The van der Waals surface area contributed by atoms with Gasteiger partial charge >= 0.3 is 0 Å². The van der Waals surface area contributed by atoms with Crippen molar-refractivity contribution in [1.29, 1.82) is 0 Å². The normalized spacial score (nSPS) is 11.9. The van der Waals surface area contributed by atoms with Crippen LogP contribution in [0.5, 0.6) is 0 Å². The van der Waals surface area contributed by atoms with Crippen LogP contribution in [-0.4, -0.2) is 9.13 Å². The lowest BCUT2D eigenvalue weighted by atomic mass is 9.85. The van der Waals surface area contributed by atoms with Gasteiger partial charge < -0.3 is 9.13 Å². The molecule has 0 fully saturated rings. The van der Waals surface area contributed by atoms with Crippen molar-refractivity contribution >= 4 is 11.1 Å². The van der Waals surface area contributed by atoms with Crippen molar-refractivity contribution < 1.29 is 13.2 Å². The maximum atomic E-state index is 16.5. The molecule has 2 nitrogen and oxygen atoms in total. The molecule has 40 heavy (non-hydrogen) atoms. The number of allylic oxidation sites excluding steroid dienone is 1. The average Bonchev–Trinajstić information content (AvgIpc) is 3.71. The molecular formula is C35H25F3N2. The summed E-state index contributed by atoms with van der Waals surface area (Å²) >= 11 is 0. The summed E-state index contributed by atoms with van der Waals surface area (Å²) in [6.07, 6.45) is 7.12. The number of nitrogens with zero attached hydrogens (tertiary/aromatic N) is 2. The third-order valence-corrected chi connectivity index (χ3v) is 6.97. The molecule has 0 atom stereocenters. The summed E-state index contributed by atoms with van der Waals surface area (Å²) < 4.78 is 52.0. The third-order valence-electron chi connectivity index (χ3n) is 6.97. The first-order valence-corrected chi connectivity index (χ1v) is 13.0. The minimum absolute atomic E-state index is 0.181. The molecule has 196 valence electrons. The third kappa shape index (κ3) is 4.78. The highest BCUT2D eigenvalue weighted by Gasteiger charge is 2.25. The molecule has 0 aliphatic rings. The van der Waals surface area contributed by atoms with Crippen LogP contribution in [0.4, 0.5) is 13.2 Å². The molecule has 2 heterocycles. The van der Waals surface area contributed by atoms with Gasteiger partial charge in [0.1, 0.15) is 5.82 Å². The van der Waals surface area contributed by atoms with Crippen molar-refractivity contribution in [3.63, 3.8) is 0 Å². The topological polar surface area (TPSA) is 9.86 Å². The largest absolute Gasteiger partial charge is 0.321 e. The fourth-order valence-electron chi connectivity index (χ4n) is 5.12. The Morgan fingerprint density at radius 3 is 1.73 bits per heavy atom. The van der Waals surface area contributed by atoms with Crippen LogP contribution in [0.2, 0.25) is 0 Å². The van der Waals surface area contributed by atoms with Gasteiger partial charge in [-0.1, -0.05) is 72.8 Å². The summed E-state index contributed by atoms with van der Waals surface area (Å²) in [6.45, 7) is 0. The Kier molecular flexibility index (Phi) is 6.94. The van der Waals surface area contributed by atoms with Gasteiger partial charge in [-0.05, 0) is 71.2 Å². The second-order valence-electron chi connectivity index (χ2n) is 9.46. The van der Waals surface area contributed by atoms with Gasteiger partial charge in [-0.3, -0.25) is 0 Å². The van der Waals surface area contributed by atoms with Crippen LogP contribution in [0.15, 0.2) is 140 Å². The van der Waals surface area contributed by atoms with E-state index in [4.69, 9.17) is 0 Å². The van der Waals surface area contributed by atoms with Gasteiger partial charge in [-0.15, -0.1) is 0 Å². The van der Waals surface area contributed by atoms with Gasteiger partial charge in [-0.2, -0.15) is 0 Å². The molecule has 5 heteroatoms. The fourth-order valence-corrected chi connectivity index (χ4v) is 5.12. The van der Waals surface area contributed by atoms with Crippen LogP contribution in [-0.2, 0) is 6.42 Å². The Balaban J connectivity index is 1.71. The highest BCUT2D eigenvalue weighted by molar-refractivity contribution is 6.00. The van der Waals surface area contributed by atoms with Gasteiger partial charge in [0, 0.05) is 30.4 Å². The predicted molar refractivity (Wildman–Crippen MR) is 154 cm³/mol. The summed E-state index contributed by atoms with van der Waals surface area (Å²) in [6, 6.07) is 33.7. The van der Waals surface area contributed by atoms with Crippen molar-refractivity contribution in [1.82, 2.24) is 9.13 Å². The molecule has 0 saturated carbocycles. The highest BCUT2D eigenvalue weighted by Crippen LogP contribution is 2.39. The zero-order chi connectivity index (χ0) is 27.5. The zero-order valence-electron chi connectivity index (χ0n) is 21.5. The van der Waals surface area contributed by atoms with E-state index < -0.39 is 17.5 Å². The molecule has 0 spiro atoms. The SMILES string of the molecule is Fc1ccc(-n2cccc2)c(F)c1/C(Cc1ccccc1)=C(/c1ccccc1)c1cccc(-n2cccc2)c1F. The molecule has 0 bridgehead atoms. The van der Waals surface area contributed by atoms with Crippen LogP contribution in [0.25, 0.3) is 22.5 Å². The second kappa shape index (κ2) is 11.0. The Morgan fingerprint density at radius 2 is 1.10 bits per heavy atom. The second-order valence-corrected chi connectivity index (χ2v) is 9.46. The smallest absolute Gasteiger partial charge is 0.157 e. The zero-order valence-corrected chi connectivity index (χ0v) is 21.5. The summed E-state index contributed by atoms with van der Waals surface area (Å²) in [4.78, 5) is 0. The van der Waals surface area contributed by atoms with Gasteiger partial charge in [0.2, 0.25) is 0 Å². The quantitative estimate of drug-likeness (QED) is 0.182. The van der Waals surface area contributed by atoms with E-state index in [-0.39, 0.29) is 23.2 Å². The van der Waals surface area contributed by atoms with Crippen molar-refractivity contribution in [2.75, 3.05) is 0 Å². The van der Waals surface area contributed by atoms with Crippen LogP contribution < -0.4 is 0 Å². The molecule has 0 amide bonds. The maximum absolute atomic E-state index is 16.5. The van der Waals surface area contributed by atoms with E-state index in [2.05, 4.69) is 0 Å². The molecule has 0 saturated heterocycles. The average molecular weight is 531 g/mol. The van der Waals surface area contributed by atoms with Crippen LogP contribution in [0.3, 0.4) is 0 Å². The van der Waals surface area contributed by atoms with Gasteiger partial charge in [0.05, 0.1) is 16.9 Å². The summed E-state index contributed by atoms with van der Waals surface area (Å²) in [5.41, 5.74) is 2.91. The first-order valence-electron chi connectivity index (χ1n) is 13.0. The Bertz CT molecular complexity index is 1770. The van der Waals surface area contributed by atoms with Crippen molar-refractivity contribution in [2.45, 2.75) is 6.42 Å². The summed E-state index contributed by atoms with van der Waals surface area (Å²) in [7, 11) is 0. The molecule has 4 aromatic carbocycles. The molecule has 0 radical (unpaired) electrons. The van der Waals surface area contributed by atoms with E-state index in [9.17, 15) is 0 Å². The lowest BCUT2D eigenvalue weighted by molar-refractivity contribution is 0.571. The first-order chi connectivity index (χ1) is 19.6. The Hall–Kier alpha value is -5.03. The van der Waals surface area contributed by atoms with Crippen LogP contribution >= 0.6 is 0 Å².